The molecule has 0 radical (unpaired) electrons. The zero-order chi connectivity index (χ0) is 14.4. The highest BCUT2D eigenvalue weighted by atomic mass is 32.1. The Bertz CT molecular complexity index is 429. The van der Waals surface area contributed by atoms with Crippen LogP contribution in [0.15, 0.2) is 5.38 Å². The van der Waals surface area contributed by atoms with Crippen molar-refractivity contribution in [2.24, 2.45) is 5.92 Å². The number of unbranched alkanes of at least 4 members (excludes halogenated alkanes) is 1. The van der Waals surface area contributed by atoms with Crippen molar-refractivity contribution in [1.82, 2.24) is 10.3 Å². The van der Waals surface area contributed by atoms with Crippen LogP contribution in [0.2, 0.25) is 0 Å². The first-order valence-electron chi connectivity index (χ1n) is 7.64. The second kappa shape index (κ2) is 7.74. The topological polar surface area (TPSA) is 54.0 Å². The fourth-order valence-electron chi connectivity index (χ4n) is 2.60. The second-order valence-corrected chi connectivity index (χ2v) is 6.50. The van der Waals surface area contributed by atoms with E-state index >= 15 is 0 Å². The third-order valence-corrected chi connectivity index (χ3v) is 4.77. The summed E-state index contributed by atoms with van der Waals surface area (Å²) < 4.78 is 0. The highest BCUT2D eigenvalue weighted by Gasteiger charge is 2.26. The minimum atomic E-state index is -0.0610. The molecule has 0 aromatic carbocycles. The summed E-state index contributed by atoms with van der Waals surface area (Å²) in [7, 11) is 0. The maximum absolute atomic E-state index is 11.0. The van der Waals surface area contributed by atoms with Gasteiger partial charge in [0.25, 0.3) is 0 Å². The van der Waals surface area contributed by atoms with Crippen LogP contribution >= 0.6 is 11.3 Å². The van der Waals surface area contributed by atoms with Crippen LogP contribution in [0.5, 0.6) is 0 Å². The van der Waals surface area contributed by atoms with Crippen LogP contribution in [0.25, 0.3) is 0 Å². The second-order valence-electron chi connectivity index (χ2n) is 5.65. The largest absolute Gasteiger partial charge is 0.308 e. The van der Waals surface area contributed by atoms with E-state index in [2.05, 4.69) is 22.5 Å². The number of rotatable bonds is 8. The van der Waals surface area contributed by atoms with Crippen molar-refractivity contribution in [2.45, 2.75) is 65.0 Å². The molecule has 112 valence electrons. The molecule has 0 bridgehead atoms. The zero-order valence-electron chi connectivity index (χ0n) is 12.4. The van der Waals surface area contributed by atoms with Gasteiger partial charge in [-0.15, -0.1) is 11.3 Å². The molecule has 1 aliphatic rings. The quantitative estimate of drug-likeness (QED) is 0.771. The molecule has 4 nitrogen and oxygen atoms in total. The van der Waals surface area contributed by atoms with Crippen LogP contribution in [0.4, 0.5) is 5.13 Å². The van der Waals surface area contributed by atoms with Crippen molar-refractivity contribution in [3.63, 3.8) is 0 Å². The number of carbonyl (C=O) groups excluding carboxylic acids is 1. The minimum absolute atomic E-state index is 0.0610. The molecule has 1 unspecified atom stereocenters. The summed E-state index contributed by atoms with van der Waals surface area (Å²) in [6.07, 6.45) is 7.95. The third kappa shape index (κ3) is 4.56. The number of aromatic nitrogens is 1. The van der Waals surface area contributed by atoms with Crippen molar-refractivity contribution >= 4 is 22.4 Å². The maximum atomic E-state index is 11.0. The number of nitrogens with one attached hydrogen (secondary N) is 2. The normalized spacial score (nSPS) is 16.7. The fourth-order valence-corrected chi connectivity index (χ4v) is 3.36. The fraction of sp³-hybridized carbons (Fsp3) is 0.733. The van der Waals surface area contributed by atoms with Crippen LogP contribution in [0.1, 0.15) is 58.1 Å². The number of hydrogen-bond acceptors (Lipinski definition) is 4. The van der Waals surface area contributed by atoms with E-state index in [1.807, 2.05) is 5.38 Å². The Morgan fingerprint density at radius 3 is 2.95 bits per heavy atom. The summed E-state index contributed by atoms with van der Waals surface area (Å²) >= 11 is 1.49. The Labute approximate surface area is 125 Å². The molecular formula is C15H25N3OS. The summed E-state index contributed by atoms with van der Waals surface area (Å²) in [5, 5.41) is 9.12. The van der Waals surface area contributed by atoms with E-state index in [9.17, 15) is 4.79 Å². The van der Waals surface area contributed by atoms with Gasteiger partial charge in [-0.25, -0.2) is 4.98 Å². The molecule has 5 heteroatoms. The van der Waals surface area contributed by atoms with Gasteiger partial charge in [-0.2, -0.15) is 0 Å². The molecule has 1 aliphatic carbocycles. The van der Waals surface area contributed by atoms with Crippen LogP contribution in [-0.4, -0.2) is 16.9 Å². The predicted molar refractivity (Wildman–Crippen MR) is 83.9 cm³/mol. The number of hydrogen-bond donors (Lipinski definition) is 2. The number of thiazole rings is 1. The first-order chi connectivity index (χ1) is 9.69. The number of amides is 1. The Kier molecular flexibility index (Phi) is 5.98. The zero-order valence-corrected chi connectivity index (χ0v) is 13.3. The third-order valence-electron chi connectivity index (χ3n) is 3.97. The molecule has 1 fully saturated rings. The van der Waals surface area contributed by atoms with Crippen LogP contribution in [-0.2, 0) is 11.3 Å². The van der Waals surface area contributed by atoms with Gasteiger partial charge < -0.3 is 10.6 Å². The minimum Gasteiger partial charge on any atom is -0.308 e. The van der Waals surface area contributed by atoms with Gasteiger partial charge in [0.2, 0.25) is 5.91 Å². The molecule has 1 aromatic rings. The van der Waals surface area contributed by atoms with E-state index < -0.39 is 0 Å². The van der Waals surface area contributed by atoms with E-state index in [1.54, 1.807) is 0 Å². The summed E-state index contributed by atoms with van der Waals surface area (Å²) in [6.45, 7) is 4.57. The number of carbonyl (C=O) groups is 1. The Balaban J connectivity index is 1.81. The molecule has 1 heterocycles. The highest BCUT2D eigenvalue weighted by molar-refractivity contribution is 7.13. The van der Waals surface area contributed by atoms with Gasteiger partial charge in [0.15, 0.2) is 5.13 Å². The lowest BCUT2D eigenvalue weighted by Gasteiger charge is -2.34. The molecule has 0 aliphatic heterocycles. The smallest absolute Gasteiger partial charge is 0.223 e. The van der Waals surface area contributed by atoms with Crippen molar-refractivity contribution < 1.29 is 4.79 Å². The maximum Gasteiger partial charge on any atom is 0.223 e. The molecule has 0 saturated heterocycles. The Morgan fingerprint density at radius 1 is 1.55 bits per heavy atom. The molecule has 1 atom stereocenters. The van der Waals surface area contributed by atoms with E-state index in [0.717, 1.165) is 18.2 Å². The SMILES string of the molecule is CCCCC(NCc1csc(NC(C)=O)n1)C1CCC1. The number of nitrogens with zero attached hydrogens (tertiary/aromatic N) is 1. The van der Waals surface area contributed by atoms with E-state index in [0.29, 0.717) is 11.2 Å². The van der Waals surface area contributed by atoms with Crippen LogP contribution in [0, 0.1) is 5.92 Å². The molecule has 1 aromatic heterocycles. The van der Waals surface area contributed by atoms with Gasteiger partial charge in [-0.1, -0.05) is 26.2 Å². The van der Waals surface area contributed by atoms with Gasteiger partial charge >= 0.3 is 0 Å². The molecule has 1 amide bonds. The summed E-state index contributed by atoms with van der Waals surface area (Å²) in [6, 6.07) is 0.634. The van der Waals surface area contributed by atoms with E-state index in [1.165, 1.54) is 56.8 Å². The summed E-state index contributed by atoms with van der Waals surface area (Å²) in [5.41, 5.74) is 1.03. The summed E-state index contributed by atoms with van der Waals surface area (Å²) in [4.78, 5) is 15.4. The lowest BCUT2D eigenvalue weighted by atomic mass is 9.78. The Morgan fingerprint density at radius 2 is 2.35 bits per heavy atom. The van der Waals surface area contributed by atoms with Gasteiger partial charge in [0, 0.05) is 24.9 Å². The standard InChI is InChI=1S/C15H25N3OS/c1-3-4-8-14(12-6-5-7-12)16-9-13-10-20-15(18-13)17-11(2)19/h10,12,14,16H,3-9H2,1-2H3,(H,17,18,19). The molecule has 1 saturated carbocycles. The van der Waals surface area contributed by atoms with Crippen molar-refractivity contribution in [3.8, 4) is 0 Å². The lowest BCUT2D eigenvalue weighted by Crippen LogP contribution is -2.39. The molecule has 2 rings (SSSR count). The highest BCUT2D eigenvalue weighted by Crippen LogP contribution is 2.31. The van der Waals surface area contributed by atoms with E-state index in [-0.39, 0.29) is 5.91 Å². The lowest BCUT2D eigenvalue weighted by molar-refractivity contribution is -0.114. The number of anilines is 1. The average molecular weight is 295 g/mol. The van der Waals surface area contributed by atoms with E-state index in [4.69, 9.17) is 0 Å². The first kappa shape index (κ1) is 15.4. The molecule has 2 N–H and O–H groups in total. The summed E-state index contributed by atoms with van der Waals surface area (Å²) in [5.74, 6) is 0.796. The van der Waals surface area contributed by atoms with Crippen LogP contribution in [0.3, 0.4) is 0 Å². The van der Waals surface area contributed by atoms with Crippen molar-refractivity contribution in [2.75, 3.05) is 5.32 Å². The van der Waals surface area contributed by atoms with Gasteiger partial charge in [-0.3, -0.25) is 4.79 Å². The van der Waals surface area contributed by atoms with Crippen molar-refractivity contribution in [1.29, 1.82) is 0 Å². The first-order valence-corrected chi connectivity index (χ1v) is 8.52. The van der Waals surface area contributed by atoms with Gasteiger partial charge in [0.1, 0.15) is 0 Å². The molecule has 0 spiro atoms. The van der Waals surface area contributed by atoms with Gasteiger partial charge in [0.05, 0.1) is 5.69 Å². The van der Waals surface area contributed by atoms with Crippen LogP contribution < -0.4 is 10.6 Å². The molecule has 20 heavy (non-hydrogen) atoms. The monoisotopic (exact) mass is 295 g/mol. The van der Waals surface area contributed by atoms with Gasteiger partial charge in [-0.05, 0) is 25.2 Å². The molecular weight excluding hydrogens is 270 g/mol. The predicted octanol–water partition coefficient (Wildman–Crippen LogP) is 3.55. The average Bonchev–Trinajstić information content (AvgIpc) is 2.77. The van der Waals surface area contributed by atoms with Crippen molar-refractivity contribution in [3.05, 3.63) is 11.1 Å². The Hall–Kier alpha value is -0.940.